The van der Waals surface area contributed by atoms with Gasteiger partial charge in [0, 0.05) is 32.7 Å². The van der Waals surface area contributed by atoms with Crippen LogP contribution in [0, 0.1) is 0 Å². The van der Waals surface area contributed by atoms with Crippen LogP contribution in [0.5, 0.6) is 0 Å². The molecule has 0 saturated heterocycles. The Labute approximate surface area is 110 Å². The maximum atomic E-state index is 11.4. The van der Waals surface area contributed by atoms with Crippen LogP contribution in [0.15, 0.2) is 11.6 Å². The van der Waals surface area contributed by atoms with Crippen molar-refractivity contribution in [1.29, 1.82) is 0 Å². The lowest BCUT2D eigenvalue weighted by atomic mass is 10.1. The molecule has 0 saturated carbocycles. The van der Waals surface area contributed by atoms with Crippen LogP contribution in [0.3, 0.4) is 0 Å². The van der Waals surface area contributed by atoms with Crippen LogP contribution < -0.4 is 10.6 Å². The number of carbonyl (C=O) groups is 1. The van der Waals surface area contributed by atoms with Gasteiger partial charge in [-0.15, -0.1) is 12.4 Å². The average molecular weight is 263 g/mol. The third-order valence-electron chi connectivity index (χ3n) is 2.57. The topological polar surface area (TPSA) is 50.4 Å². The first-order valence-corrected chi connectivity index (χ1v) is 6.06. The van der Waals surface area contributed by atoms with Gasteiger partial charge in [-0.3, -0.25) is 4.79 Å². The van der Waals surface area contributed by atoms with E-state index in [0.29, 0.717) is 19.6 Å². The van der Waals surface area contributed by atoms with Crippen LogP contribution in [0.1, 0.15) is 26.2 Å². The second-order valence-electron chi connectivity index (χ2n) is 3.89. The molecule has 1 amide bonds. The van der Waals surface area contributed by atoms with E-state index in [1.807, 2.05) is 6.92 Å². The first kappa shape index (κ1) is 16.4. The van der Waals surface area contributed by atoms with Crippen molar-refractivity contribution < 1.29 is 9.53 Å². The zero-order chi connectivity index (χ0) is 11.6. The number of hydrogen-bond donors (Lipinski definition) is 2. The van der Waals surface area contributed by atoms with Crippen LogP contribution in [-0.2, 0) is 9.53 Å². The van der Waals surface area contributed by atoms with Gasteiger partial charge in [-0.2, -0.15) is 0 Å². The van der Waals surface area contributed by atoms with Gasteiger partial charge in [0.15, 0.2) is 0 Å². The summed E-state index contributed by atoms with van der Waals surface area (Å²) in [5.74, 6) is 0.124. The normalized spacial score (nSPS) is 14.8. The van der Waals surface area contributed by atoms with Crippen LogP contribution in [0.2, 0.25) is 0 Å². The first-order valence-electron chi connectivity index (χ1n) is 6.06. The number of rotatable bonds is 7. The van der Waals surface area contributed by atoms with Crippen LogP contribution in [-0.4, -0.2) is 38.8 Å². The highest BCUT2D eigenvalue weighted by molar-refractivity contribution is 5.85. The highest BCUT2D eigenvalue weighted by Gasteiger charge is 2.05. The van der Waals surface area contributed by atoms with Crippen LogP contribution in [0.4, 0.5) is 0 Å². The monoisotopic (exact) mass is 262 g/mol. The number of carbonyl (C=O) groups excluding carboxylic acids is 1. The fourth-order valence-electron chi connectivity index (χ4n) is 1.61. The molecule has 0 aromatic heterocycles. The third kappa shape index (κ3) is 8.18. The summed E-state index contributed by atoms with van der Waals surface area (Å²) in [5, 5.41) is 6.18. The maximum Gasteiger partial charge on any atom is 0.220 e. The molecule has 0 fully saturated rings. The van der Waals surface area contributed by atoms with Gasteiger partial charge in [-0.1, -0.05) is 11.6 Å². The minimum absolute atomic E-state index is 0. The SMILES string of the molecule is CCOCCCC(=O)NCC1=CCNCC1.Cl. The molecule has 100 valence electrons. The molecular weight excluding hydrogens is 240 g/mol. The Morgan fingerprint density at radius 2 is 2.41 bits per heavy atom. The fourth-order valence-corrected chi connectivity index (χ4v) is 1.61. The number of ether oxygens (including phenoxy) is 1. The first-order chi connectivity index (χ1) is 7.83. The molecule has 5 heteroatoms. The molecule has 2 N–H and O–H groups in total. The van der Waals surface area contributed by atoms with E-state index in [1.165, 1.54) is 5.57 Å². The molecule has 0 bridgehead atoms. The van der Waals surface area contributed by atoms with Gasteiger partial charge < -0.3 is 15.4 Å². The minimum Gasteiger partial charge on any atom is -0.382 e. The van der Waals surface area contributed by atoms with Gasteiger partial charge in [0.05, 0.1) is 0 Å². The Kier molecular flexibility index (Phi) is 10.2. The highest BCUT2D eigenvalue weighted by Crippen LogP contribution is 2.02. The van der Waals surface area contributed by atoms with Gasteiger partial charge in [0.2, 0.25) is 5.91 Å². The molecule has 1 aliphatic heterocycles. The van der Waals surface area contributed by atoms with Crippen molar-refractivity contribution in [2.75, 3.05) is 32.8 Å². The van der Waals surface area contributed by atoms with E-state index in [1.54, 1.807) is 0 Å². The minimum atomic E-state index is 0. The van der Waals surface area contributed by atoms with Gasteiger partial charge in [0.1, 0.15) is 0 Å². The molecule has 4 nitrogen and oxygen atoms in total. The smallest absolute Gasteiger partial charge is 0.220 e. The second-order valence-corrected chi connectivity index (χ2v) is 3.89. The zero-order valence-electron chi connectivity index (χ0n) is 10.5. The molecule has 0 aromatic carbocycles. The maximum absolute atomic E-state index is 11.4. The van der Waals surface area contributed by atoms with Crippen LogP contribution >= 0.6 is 12.4 Å². The Hall–Kier alpha value is -0.580. The summed E-state index contributed by atoms with van der Waals surface area (Å²) in [6, 6.07) is 0. The standard InChI is InChI=1S/C12H22N2O2.ClH/c1-2-16-9-3-4-12(15)14-10-11-5-7-13-8-6-11;/h5,13H,2-4,6-10H2,1H3,(H,14,15);1H. The summed E-state index contributed by atoms with van der Waals surface area (Å²) in [6.45, 7) is 6.01. The highest BCUT2D eigenvalue weighted by atomic mass is 35.5. The van der Waals surface area contributed by atoms with Crippen molar-refractivity contribution in [2.24, 2.45) is 0 Å². The van der Waals surface area contributed by atoms with Crippen molar-refractivity contribution in [3.63, 3.8) is 0 Å². The summed E-state index contributed by atoms with van der Waals surface area (Å²) in [4.78, 5) is 11.4. The van der Waals surface area contributed by atoms with Gasteiger partial charge in [0.25, 0.3) is 0 Å². The lowest BCUT2D eigenvalue weighted by molar-refractivity contribution is -0.121. The molecule has 17 heavy (non-hydrogen) atoms. The summed E-state index contributed by atoms with van der Waals surface area (Å²) in [6.07, 6.45) is 4.56. The summed E-state index contributed by atoms with van der Waals surface area (Å²) < 4.78 is 5.18. The molecule has 1 rings (SSSR count). The van der Waals surface area contributed by atoms with Crippen molar-refractivity contribution in [2.45, 2.75) is 26.2 Å². The summed E-state index contributed by atoms with van der Waals surface area (Å²) in [7, 11) is 0. The van der Waals surface area contributed by atoms with E-state index in [9.17, 15) is 4.79 Å². The van der Waals surface area contributed by atoms with Gasteiger partial charge >= 0.3 is 0 Å². The Morgan fingerprint density at radius 1 is 1.59 bits per heavy atom. The predicted octanol–water partition coefficient (Wildman–Crippen LogP) is 1.26. The zero-order valence-corrected chi connectivity index (χ0v) is 11.3. The van der Waals surface area contributed by atoms with Crippen LogP contribution in [0.25, 0.3) is 0 Å². The number of amides is 1. The average Bonchev–Trinajstić information content (AvgIpc) is 2.33. The van der Waals surface area contributed by atoms with E-state index < -0.39 is 0 Å². The van der Waals surface area contributed by atoms with E-state index in [-0.39, 0.29) is 18.3 Å². The quantitative estimate of drug-likeness (QED) is 0.537. The second kappa shape index (κ2) is 10.6. The van der Waals surface area contributed by atoms with Crippen molar-refractivity contribution >= 4 is 18.3 Å². The van der Waals surface area contributed by atoms with Crippen molar-refractivity contribution in [1.82, 2.24) is 10.6 Å². The lowest BCUT2D eigenvalue weighted by Gasteiger charge is -2.14. The van der Waals surface area contributed by atoms with Crippen molar-refractivity contribution in [3.05, 3.63) is 11.6 Å². The molecule has 0 spiro atoms. The fraction of sp³-hybridized carbons (Fsp3) is 0.750. The molecule has 0 unspecified atom stereocenters. The van der Waals surface area contributed by atoms with E-state index in [0.717, 1.165) is 32.5 Å². The summed E-state index contributed by atoms with van der Waals surface area (Å²) in [5.41, 5.74) is 1.33. The number of nitrogens with one attached hydrogen (secondary N) is 2. The Morgan fingerprint density at radius 3 is 3.06 bits per heavy atom. The molecule has 0 aliphatic carbocycles. The molecule has 0 radical (unpaired) electrons. The molecule has 0 atom stereocenters. The lowest BCUT2D eigenvalue weighted by Crippen LogP contribution is -2.29. The van der Waals surface area contributed by atoms with Gasteiger partial charge in [-0.25, -0.2) is 0 Å². The Bertz CT molecular complexity index is 245. The molecule has 1 heterocycles. The summed E-state index contributed by atoms with van der Waals surface area (Å²) >= 11 is 0. The number of hydrogen-bond acceptors (Lipinski definition) is 3. The molecule has 0 aromatic rings. The molecule has 1 aliphatic rings. The van der Waals surface area contributed by atoms with E-state index in [4.69, 9.17) is 4.74 Å². The van der Waals surface area contributed by atoms with Crippen molar-refractivity contribution in [3.8, 4) is 0 Å². The van der Waals surface area contributed by atoms with Gasteiger partial charge in [-0.05, 0) is 26.3 Å². The van der Waals surface area contributed by atoms with E-state index in [2.05, 4.69) is 16.7 Å². The Balaban J connectivity index is 0.00000256. The largest absolute Gasteiger partial charge is 0.382 e. The predicted molar refractivity (Wildman–Crippen MR) is 71.6 cm³/mol. The number of halogens is 1. The third-order valence-corrected chi connectivity index (χ3v) is 2.57. The van der Waals surface area contributed by atoms with E-state index >= 15 is 0 Å². The molecular formula is C12H23ClN2O2.